The fourth-order valence-electron chi connectivity index (χ4n) is 2.64. The van der Waals surface area contributed by atoms with E-state index < -0.39 is 5.82 Å². The Balaban J connectivity index is 0.00000220. The maximum Gasteiger partial charge on any atom is 0.148 e. The summed E-state index contributed by atoms with van der Waals surface area (Å²) in [6.45, 7) is 3.49. The van der Waals surface area contributed by atoms with E-state index in [0.29, 0.717) is 23.4 Å². The smallest absolute Gasteiger partial charge is 0.148 e. The number of aliphatic hydroxyl groups excluding tert-OH is 1. The van der Waals surface area contributed by atoms with Gasteiger partial charge in [0.15, 0.2) is 0 Å². The van der Waals surface area contributed by atoms with E-state index >= 15 is 0 Å². The Morgan fingerprint density at radius 2 is 1.86 bits per heavy atom. The summed E-state index contributed by atoms with van der Waals surface area (Å²) in [5.41, 5.74) is 0.453. The third kappa shape index (κ3) is 4.68. The van der Waals surface area contributed by atoms with E-state index in [-0.39, 0.29) is 30.1 Å². The van der Waals surface area contributed by atoms with Crippen LogP contribution in [0.4, 0.5) is 4.39 Å². The van der Waals surface area contributed by atoms with Crippen molar-refractivity contribution >= 4 is 35.6 Å². The molecule has 1 heterocycles. The molecule has 0 unspecified atom stereocenters. The van der Waals surface area contributed by atoms with Crippen LogP contribution in [0.5, 0.6) is 0 Å². The van der Waals surface area contributed by atoms with Gasteiger partial charge >= 0.3 is 0 Å². The molecule has 1 aliphatic heterocycles. The van der Waals surface area contributed by atoms with Crippen molar-refractivity contribution in [3.05, 3.63) is 33.6 Å². The lowest BCUT2D eigenvalue weighted by atomic mass is 9.99. The molecule has 1 fully saturated rings. The molecule has 120 valence electrons. The van der Waals surface area contributed by atoms with E-state index in [4.69, 9.17) is 28.3 Å². The first-order valence-electron chi connectivity index (χ1n) is 6.84. The summed E-state index contributed by atoms with van der Waals surface area (Å²) in [6, 6.07) is 2.97. The van der Waals surface area contributed by atoms with Crippen molar-refractivity contribution in [3.63, 3.8) is 0 Å². The Morgan fingerprint density at radius 3 is 2.48 bits per heavy atom. The number of nitrogens with one attached hydrogen (secondary N) is 1. The Hall–Kier alpha value is -0.100. The Morgan fingerprint density at radius 1 is 1.24 bits per heavy atom. The summed E-state index contributed by atoms with van der Waals surface area (Å²) in [4.78, 5) is 2.20. The molecule has 7 heteroatoms. The Bertz CT molecular complexity index is 456. The van der Waals surface area contributed by atoms with Crippen molar-refractivity contribution in [1.82, 2.24) is 10.2 Å². The molecule has 3 nitrogen and oxygen atoms in total. The number of benzene rings is 1. The normalized spacial score (nSPS) is 17.3. The summed E-state index contributed by atoms with van der Waals surface area (Å²) in [6.07, 6.45) is 1.27. The topological polar surface area (TPSA) is 35.5 Å². The molecule has 1 aromatic carbocycles. The van der Waals surface area contributed by atoms with Crippen LogP contribution in [0.2, 0.25) is 10.0 Å². The van der Waals surface area contributed by atoms with Crippen LogP contribution in [0.15, 0.2) is 12.1 Å². The fourth-order valence-corrected chi connectivity index (χ4v) is 3.07. The van der Waals surface area contributed by atoms with Gasteiger partial charge in [-0.25, -0.2) is 4.39 Å². The maximum atomic E-state index is 14.4. The van der Waals surface area contributed by atoms with Crippen molar-refractivity contribution in [2.45, 2.75) is 18.9 Å². The van der Waals surface area contributed by atoms with Gasteiger partial charge in [-0.3, -0.25) is 4.90 Å². The van der Waals surface area contributed by atoms with Crippen LogP contribution < -0.4 is 5.32 Å². The minimum absolute atomic E-state index is 0. The molecule has 1 aromatic rings. The van der Waals surface area contributed by atoms with Gasteiger partial charge in [0.25, 0.3) is 0 Å². The molecule has 0 aromatic heterocycles. The third-order valence-corrected chi connectivity index (χ3v) is 4.26. The van der Waals surface area contributed by atoms with Gasteiger partial charge < -0.3 is 10.4 Å². The van der Waals surface area contributed by atoms with Crippen LogP contribution >= 0.6 is 35.6 Å². The van der Waals surface area contributed by atoms with Crippen LogP contribution in [0.3, 0.4) is 0 Å². The summed E-state index contributed by atoms with van der Waals surface area (Å²) in [5, 5.41) is 12.8. The molecule has 1 aliphatic rings. The highest BCUT2D eigenvalue weighted by Crippen LogP contribution is 2.36. The number of piperazine rings is 1. The van der Waals surface area contributed by atoms with Crippen molar-refractivity contribution < 1.29 is 9.50 Å². The first-order chi connectivity index (χ1) is 9.65. The highest BCUT2D eigenvalue weighted by atomic mass is 35.5. The fraction of sp³-hybridized carbons (Fsp3) is 0.571. The van der Waals surface area contributed by atoms with Crippen LogP contribution in [0, 0.1) is 5.82 Å². The molecule has 2 N–H and O–H groups in total. The number of nitrogens with zero attached hydrogens (tertiary/aromatic N) is 1. The largest absolute Gasteiger partial charge is 0.396 e. The Kier molecular flexibility index (Phi) is 8.24. The van der Waals surface area contributed by atoms with Gasteiger partial charge in [-0.2, -0.15) is 0 Å². The molecule has 2 rings (SSSR count). The van der Waals surface area contributed by atoms with Gasteiger partial charge in [0.2, 0.25) is 0 Å². The van der Waals surface area contributed by atoms with Crippen molar-refractivity contribution in [2.75, 3.05) is 32.8 Å². The van der Waals surface area contributed by atoms with Crippen molar-refractivity contribution in [1.29, 1.82) is 0 Å². The third-order valence-electron chi connectivity index (χ3n) is 3.64. The SMILES string of the molecule is Cl.OCCC[C@H](c1c(Cl)ccc(Cl)c1F)N1CCNCC1. The minimum atomic E-state index is -0.444. The number of halogens is 4. The summed E-state index contributed by atoms with van der Waals surface area (Å²) in [7, 11) is 0. The van der Waals surface area contributed by atoms with Gasteiger partial charge in [0, 0.05) is 49.4 Å². The van der Waals surface area contributed by atoms with Gasteiger partial charge in [0.05, 0.1) is 5.02 Å². The monoisotopic (exact) mass is 356 g/mol. The molecule has 0 amide bonds. The lowest BCUT2D eigenvalue weighted by Gasteiger charge is -2.36. The van der Waals surface area contributed by atoms with Gasteiger partial charge in [-0.05, 0) is 25.0 Å². The minimum Gasteiger partial charge on any atom is -0.396 e. The quantitative estimate of drug-likeness (QED) is 0.794. The lowest BCUT2D eigenvalue weighted by Crippen LogP contribution is -2.45. The standard InChI is InChI=1S/C14H19Cl2FN2O.ClH/c15-10-3-4-11(16)14(17)13(10)12(2-1-9-20)19-7-5-18-6-8-19;/h3-4,12,18,20H,1-2,5-9H2;1H/t12-;/m1./s1. The molecular weight excluding hydrogens is 338 g/mol. The zero-order valence-electron chi connectivity index (χ0n) is 11.6. The molecule has 0 spiro atoms. The van der Waals surface area contributed by atoms with Crippen molar-refractivity contribution in [2.24, 2.45) is 0 Å². The summed E-state index contributed by atoms with van der Waals surface area (Å²) >= 11 is 12.1. The van der Waals surface area contributed by atoms with Crippen LogP contribution in [0.1, 0.15) is 24.4 Å². The van der Waals surface area contributed by atoms with Gasteiger partial charge in [-0.15, -0.1) is 12.4 Å². The second-order valence-corrected chi connectivity index (χ2v) is 5.74. The van der Waals surface area contributed by atoms with Gasteiger partial charge in [-0.1, -0.05) is 23.2 Å². The number of hydrogen-bond acceptors (Lipinski definition) is 3. The molecule has 0 saturated carbocycles. The average molecular weight is 358 g/mol. The molecule has 21 heavy (non-hydrogen) atoms. The first-order valence-corrected chi connectivity index (χ1v) is 7.59. The van der Waals surface area contributed by atoms with Crippen LogP contribution in [-0.4, -0.2) is 42.8 Å². The number of aliphatic hydroxyl groups is 1. The number of rotatable bonds is 5. The number of hydrogen-bond donors (Lipinski definition) is 2. The van der Waals surface area contributed by atoms with Crippen molar-refractivity contribution in [3.8, 4) is 0 Å². The molecule has 0 radical (unpaired) electrons. The lowest BCUT2D eigenvalue weighted by molar-refractivity contribution is 0.152. The maximum absolute atomic E-state index is 14.4. The van der Waals surface area contributed by atoms with E-state index in [9.17, 15) is 4.39 Å². The highest BCUT2D eigenvalue weighted by molar-refractivity contribution is 6.33. The molecule has 0 aliphatic carbocycles. The summed E-state index contributed by atoms with van der Waals surface area (Å²) < 4.78 is 14.4. The first kappa shape index (κ1) is 18.9. The average Bonchev–Trinajstić information content (AvgIpc) is 2.47. The van der Waals surface area contributed by atoms with Crippen LogP contribution in [-0.2, 0) is 0 Å². The van der Waals surface area contributed by atoms with E-state index in [1.807, 2.05) is 0 Å². The van der Waals surface area contributed by atoms with E-state index in [0.717, 1.165) is 26.2 Å². The molecule has 1 atom stereocenters. The highest BCUT2D eigenvalue weighted by Gasteiger charge is 2.27. The zero-order valence-corrected chi connectivity index (χ0v) is 13.9. The van der Waals surface area contributed by atoms with E-state index in [2.05, 4.69) is 10.2 Å². The summed E-state index contributed by atoms with van der Waals surface area (Å²) in [5.74, 6) is -0.444. The zero-order chi connectivity index (χ0) is 14.5. The van der Waals surface area contributed by atoms with E-state index in [1.54, 1.807) is 6.07 Å². The predicted molar refractivity (Wildman–Crippen MR) is 87.2 cm³/mol. The second kappa shape index (κ2) is 9.13. The molecule has 0 bridgehead atoms. The second-order valence-electron chi connectivity index (χ2n) is 4.92. The Labute approximate surface area is 140 Å². The van der Waals surface area contributed by atoms with Gasteiger partial charge in [0.1, 0.15) is 5.82 Å². The molecular formula is C14H20Cl3FN2O. The predicted octanol–water partition coefficient (Wildman–Crippen LogP) is 3.27. The van der Waals surface area contributed by atoms with Crippen LogP contribution in [0.25, 0.3) is 0 Å². The van der Waals surface area contributed by atoms with E-state index in [1.165, 1.54) is 6.07 Å². The molecule has 1 saturated heterocycles.